The molecule has 3 N–H and O–H groups in total. The molecule has 0 aliphatic rings. The number of aliphatic hydroxyl groups excluding tert-OH is 2. The summed E-state index contributed by atoms with van der Waals surface area (Å²) in [7, 11) is 0. The molecule has 1 amide bonds. The van der Waals surface area contributed by atoms with Crippen LogP contribution in [0.1, 0.15) is 15.9 Å². The fourth-order valence-corrected chi connectivity index (χ4v) is 1.34. The molecule has 0 spiro atoms. The molecule has 1 aromatic rings. The van der Waals surface area contributed by atoms with Crippen LogP contribution in [0.25, 0.3) is 0 Å². The molecule has 16 heavy (non-hydrogen) atoms. The second-order valence-electron chi connectivity index (χ2n) is 3.37. The molecule has 0 aromatic heterocycles. The first-order valence-electron chi connectivity index (χ1n) is 4.88. The summed E-state index contributed by atoms with van der Waals surface area (Å²) in [6.07, 6.45) is 0. The Kier molecular flexibility index (Phi) is 5.25. The summed E-state index contributed by atoms with van der Waals surface area (Å²) in [6, 6.07) is 6.20. The monoisotopic (exact) mass is 243 g/mol. The number of alkyl halides is 1. The van der Waals surface area contributed by atoms with Gasteiger partial charge in [0.15, 0.2) is 0 Å². The van der Waals surface area contributed by atoms with Crippen LogP contribution in [0, 0.1) is 0 Å². The van der Waals surface area contributed by atoms with E-state index in [0.717, 1.165) is 5.56 Å². The van der Waals surface area contributed by atoms with Gasteiger partial charge in [-0.3, -0.25) is 4.79 Å². The van der Waals surface area contributed by atoms with Crippen LogP contribution in [-0.2, 0) is 5.88 Å². The quantitative estimate of drug-likeness (QED) is 0.660. The van der Waals surface area contributed by atoms with Crippen LogP contribution in [0.4, 0.5) is 0 Å². The Labute approximate surface area is 98.9 Å². The molecule has 0 atom stereocenters. The zero-order chi connectivity index (χ0) is 12.0. The molecular formula is C11H14ClNO3. The second kappa shape index (κ2) is 6.48. The number of aliphatic hydroxyl groups is 2. The van der Waals surface area contributed by atoms with Gasteiger partial charge in [-0.15, -0.1) is 11.6 Å². The van der Waals surface area contributed by atoms with E-state index in [9.17, 15) is 4.79 Å². The number of hydrogen-bond donors (Lipinski definition) is 3. The molecule has 0 fully saturated rings. The zero-order valence-electron chi connectivity index (χ0n) is 8.69. The van der Waals surface area contributed by atoms with Crippen molar-refractivity contribution in [1.82, 2.24) is 5.32 Å². The van der Waals surface area contributed by atoms with Crippen LogP contribution in [0.3, 0.4) is 0 Å². The van der Waals surface area contributed by atoms with Crippen molar-refractivity contribution in [2.24, 2.45) is 0 Å². The van der Waals surface area contributed by atoms with Gasteiger partial charge in [0.1, 0.15) is 0 Å². The van der Waals surface area contributed by atoms with Crippen LogP contribution in [0.5, 0.6) is 0 Å². The van der Waals surface area contributed by atoms with Gasteiger partial charge in [-0.25, -0.2) is 0 Å². The fourth-order valence-electron chi connectivity index (χ4n) is 1.16. The summed E-state index contributed by atoms with van der Waals surface area (Å²) in [5.74, 6) is 0.0758. The molecule has 0 aliphatic heterocycles. The number of rotatable bonds is 5. The molecule has 0 heterocycles. The molecule has 0 unspecified atom stereocenters. The Morgan fingerprint density at radius 2 is 1.81 bits per heavy atom. The highest BCUT2D eigenvalue weighted by Crippen LogP contribution is 2.06. The first-order chi connectivity index (χ1) is 7.71. The average molecular weight is 244 g/mol. The highest BCUT2D eigenvalue weighted by Gasteiger charge is 2.11. The van der Waals surface area contributed by atoms with Crippen LogP contribution < -0.4 is 5.32 Å². The topological polar surface area (TPSA) is 69.6 Å². The van der Waals surface area contributed by atoms with Crippen molar-refractivity contribution < 1.29 is 15.0 Å². The SMILES string of the molecule is O=C(NC(CO)CO)c1ccc(CCl)cc1. The highest BCUT2D eigenvalue weighted by atomic mass is 35.5. The van der Waals surface area contributed by atoms with Crippen molar-refractivity contribution in [2.75, 3.05) is 13.2 Å². The summed E-state index contributed by atoms with van der Waals surface area (Å²) in [6.45, 7) is -0.579. The summed E-state index contributed by atoms with van der Waals surface area (Å²) in [4.78, 5) is 11.6. The van der Waals surface area contributed by atoms with Crippen molar-refractivity contribution in [1.29, 1.82) is 0 Å². The molecular weight excluding hydrogens is 230 g/mol. The zero-order valence-corrected chi connectivity index (χ0v) is 9.44. The first-order valence-corrected chi connectivity index (χ1v) is 5.42. The number of carbonyl (C=O) groups is 1. The van der Waals surface area contributed by atoms with Crippen molar-refractivity contribution in [3.63, 3.8) is 0 Å². The van der Waals surface area contributed by atoms with E-state index in [-0.39, 0.29) is 19.1 Å². The smallest absolute Gasteiger partial charge is 0.251 e. The predicted molar refractivity (Wildman–Crippen MR) is 61.4 cm³/mol. The fraction of sp³-hybridized carbons (Fsp3) is 0.364. The maximum atomic E-state index is 11.6. The summed E-state index contributed by atoms with van der Waals surface area (Å²) >= 11 is 5.62. The Bertz CT molecular complexity index is 336. The molecule has 0 saturated carbocycles. The molecule has 1 rings (SSSR count). The molecule has 0 radical (unpaired) electrons. The van der Waals surface area contributed by atoms with E-state index in [1.165, 1.54) is 0 Å². The largest absolute Gasteiger partial charge is 0.394 e. The molecule has 88 valence electrons. The predicted octanol–water partition coefficient (Wildman–Crippen LogP) is 0.508. The number of hydrogen-bond acceptors (Lipinski definition) is 3. The maximum Gasteiger partial charge on any atom is 0.251 e. The summed E-state index contributed by atoms with van der Waals surface area (Å²) in [5, 5.41) is 20.1. The van der Waals surface area contributed by atoms with E-state index in [1.54, 1.807) is 24.3 Å². The van der Waals surface area contributed by atoms with Crippen molar-refractivity contribution in [2.45, 2.75) is 11.9 Å². The first kappa shape index (κ1) is 13.0. The molecule has 0 bridgehead atoms. The summed E-state index contributed by atoms with van der Waals surface area (Å²) in [5.41, 5.74) is 1.40. The third-order valence-corrected chi connectivity index (χ3v) is 2.46. The minimum atomic E-state index is -0.625. The van der Waals surface area contributed by atoms with E-state index in [1.807, 2.05) is 0 Å². The van der Waals surface area contributed by atoms with Gasteiger partial charge in [-0.05, 0) is 17.7 Å². The Morgan fingerprint density at radius 3 is 2.25 bits per heavy atom. The van der Waals surface area contributed by atoms with E-state index in [0.29, 0.717) is 11.4 Å². The van der Waals surface area contributed by atoms with Crippen LogP contribution in [0.2, 0.25) is 0 Å². The van der Waals surface area contributed by atoms with Crippen LogP contribution in [-0.4, -0.2) is 35.4 Å². The normalized spacial score (nSPS) is 10.5. The van der Waals surface area contributed by atoms with Gasteiger partial charge in [0, 0.05) is 11.4 Å². The van der Waals surface area contributed by atoms with Gasteiger partial charge in [0.2, 0.25) is 0 Å². The number of halogens is 1. The third kappa shape index (κ3) is 3.48. The van der Waals surface area contributed by atoms with Gasteiger partial charge in [-0.2, -0.15) is 0 Å². The van der Waals surface area contributed by atoms with E-state index >= 15 is 0 Å². The lowest BCUT2D eigenvalue weighted by molar-refractivity contribution is 0.0879. The maximum absolute atomic E-state index is 11.6. The van der Waals surface area contributed by atoms with Gasteiger partial charge < -0.3 is 15.5 Å². The Balaban J connectivity index is 2.65. The van der Waals surface area contributed by atoms with Crippen LogP contribution in [0.15, 0.2) is 24.3 Å². The van der Waals surface area contributed by atoms with Gasteiger partial charge >= 0.3 is 0 Å². The molecule has 4 nitrogen and oxygen atoms in total. The lowest BCUT2D eigenvalue weighted by Crippen LogP contribution is -2.40. The average Bonchev–Trinajstić information content (AvgIpc) is 2.35. The van der Waals surface area contributed by atoms with Crippen LogP contribution >= 0.6 is 11.6 Å². The second-order valence-corrected chi connectivity index (χ2v) is 3.63. The number of nitrogens with one attached hydrogen (secondary N) is 1. The molecule has 0 saturated heterocycles. The number of amides is 1. The highest BCUT2D eigenvalue weighted by molar-refractivity contribution is 6.17. The van der Waals surface area contributed by atoms with Gasteiger partial charge in [0.05, 0.1) is 19.3 Å². The van der Waals surface area contributed by atoms with Gasteiger partial charge in [-0.1, -0.05) is 12.1 Å². The lowest BCUT2D eigenvalue weighted by Gasteiger charge is -2.13. The lowest BCUT2D eigenvalue weighted by atomic mass is 10.1. The van der Waals surface area contributed by atoms with Crippen molar-refractivity contribution in [3.05, 3.63) is 35.4 Å². The minimum absolute atomic E-state index is 0.290. The standard InChI is InChI=1S/C11H14ClNO3/c12-5-8-1-3-9(4-2-8)11(16)13-10(6-14)7-15/h1-4,10,14-15H,5-7H2,(H,13,16). The van der Waals surface area contributed by atoms with Crippen molar-refractivity contribution >= 4 is 17.5 Å². The summed E-state index contributed by atoms with van der Waals surface area (Å²) < 4.78 is 0. The Hall–Kier alpha value is -1.10. The van der Waals surface area contributed by atoms with E-state index in [2.05, 4.69) is 5.32 Å². The molecule has 5 heteroatoms. The minimum Gasteiger partial charge on any atom is -0.394 e. The van der Waals surface area contributed by atoms with E-state index in [4.69, 9.17) is 21.8 Å². The molecule has 0 aliphatic carbocycles. The van der Waals surface area contributed by atoms with Gasteiger partial charge in [0.25, 0.3) is 5.91 Å². The Morgan fingerprint density at radius 1 is 1.25 bits per heavy atom. The number of benzene rings is 1. The van der Waals surface area contributed by atoms with Crippen molar-refractivity contribution in [3.8, 4) is 0 Å². The third-order valence-electron chi connectivity index (χ3n) is 2.15. The molecule has 1 aromatic carbocycles. The van der Waals surface area contributed by atoms with E-state index < -0.39 is 6.04 Å². The number of carbonyl (C=O) groups excluding carboxylic acids is 1.